The van der Waals surface area contributed by atoms with Gasteiger partial charge >= 0.3 is 12.3 Å². The third-order valence-electron chi connectivity index (χ3n) is 3.24. The number of hydrogen-bond donors (Lipinski definition) is 1. The van der Waals surface area contributed by atoms with Gasteiger partial charge in [0.1, 0.15) is 11.2 Å². The summed E-state index contributed by atoms with van der Waals surface area (Å²) in [7, 11) is 0. The highest BCUT2D eigenvalue weighted by atomic mass is 19.4. The number of carbonyl (C=O) groups is 1. The molecule has 0 spiro atoms. The van der Waals surface area contributed by atoms with Crippen molar-refractivity contribution in [1.29, 1.82) is 0 Å². The van der Waals surface area contributed by atoms with E-state index in [1.54, 1.807) is 27.7 Å². The number of rotatable bonds is 3. The standard InChI is InChI=1S/C17H20F3NO3/c1-10(21-15(22)24-16(2,3)4)7-12-9-13(17(18,19)20)8-11-5-6-23-14(11)12/h5-6,8-10H,7H2,1-4H3,(H,21,22). The van der Waals surface area contributed by atoms with Crippen molar-refractivity contribution in [3.8, 4) is 0 Å². The molecule has 0 aliphatic carbocycles. The van der Waals surface area contributed by atoms with Gasteiger partial charge in [-0.25, -0.2) is 4.79 Å². The maximum atomic E-state index is 13.0. The SMILES string of the molecule is CC(Cc1cc(C(F)(F)F)cc2ccoc12)NC(=O)OC(C)(C)C. The minimum absolute atomic E-state index is 0.188. The van der Waals surface area contributed by atoms with Crippen LogP contribution in [0.1, 0.15) is 38.8 Å². The number of hydrogen-bond acceptors (Lipinski definition) is 3. The Morgan fingerprint density at radius 3 is 2.54 bits per heavy atom. The molecule has 7 heteroatoms. The van der Waals surface area contributed by atoms with Gasteiger partial charge < -0.3 is 14.5 Å². The van der Waals surface area contributed by atoms with E-state index >= 15 is 0 Å². The first-order chi connectivity index (χ1) is 11.0. The lowest BCUT2D eigenvalue weighted by Gasteiger charge is -2.22. The van der Waals surface area contributed by atoms with Gasteiger partial charge in [-0.1, -0.05) is 0 Å². The lowest BCUT2D eigenvalue weighted by Crippen LogP contribution is -2.38. The molecule has 1 unspecified atom stereocenters. The van der Waals surface area contributed by atoms with Crippen molar-refractivity contribution in [2.24, 2.45) is 0 Å². The molecule has 1 atom stereocenters. The van der Waals surface area contributed by atoms with Gasteiger partial charge in [0.25, 0.3) is 0 Å². The molecule has 0 radical (unpaired) electrons. The molecule has 1 amide bonds. The number of nitrogens with one attached hydrogen (secondary N) is 1. The number of furan rings is 1. The van der Waals surface area contributed by atoms with Crippen LogP contribution in [0.5, 0.6) is 0 Å². The van der Waals surface area contributed by atoms with E-state index in [0.717, 1.165) is 12.1 Å². The monoisotopic (exact) mass is 343 g/mol. The predicted molar refractivity (Wildman–Crippen MR) is 83.8 cm³/mol. The molecule has 132 valence electrons. The summed E-state index contributed by atoms with van der Waals surface area (Å²) >= 11 is 0. The number of alkyl halides is 3. The first kappa shape index (κ1) is 18.2. The first-order valence-electron chi connectivity index (χ1n) is 7.52. The summed E-state index contributed by atoms with van der Waals surface area (Å²) in [5, 5.41) is 2.99. The summed E-state index contributed by atoms with van der Waals surface area (Å²) in [6, 6.07) is 3.17. The summed E-state index contributed by atoms with van der Waals surface area (Å²) in [6.07, 6.45) is -3.52. The Balaban J connectivity index is 2.19. The Kier molecular flexibility index (Phi) is 4.82. The van der Waals surface area contributed by atoms with Gasteiger partial charge in [-0.2, -0.15) is 13.2 Å². The zero-order valence-electron chi connectivity index (χ0n) is 14.0. The maximum absolute atomic E-state index is 13.0. The fourth-order valence-corrected chi connectivity index (χ4v) is 2.36. The molecule has 4 nitrogen and oxygen atoms in total. The second-order valence-electron chi connectivity index (χ2n) is 6.72. The molecule has 0 saturated heterocycles. The molecular formula is C17H20F3NO3. The van der Waals surface area contributed by atoms with E-state index in [4.69, 9.17) is 9.15 Å². The Morgan fingerprint density at radius 1 is 1.29 bits per heavy atom. The molecule has 24 heavy (non-hydrogen) atoms. The van der Waals surface area contributed by atoms with Gasteiger partial charge in [-0.3, -0.25) is 0 Å². The molecule has 1 heterocycles. The summed E-state index contributed by atoms with van der Waals surface area (Å²) in [6.45, 7) is 6.89. The number of benzene rings is 1. The van der Waals surface area contributed by atoms with Crippen molar-refractivity contribution in [2.45, 2.75) is 51.9 Å². The highest BCUT2D eigenvalue weighted by molar-refractivity contribution is 5.81. The second-order valence-corrected chi connectivity index (χ2v) is 6.72. The fourth-order valence-electron chi connectivity index (χ4n) is 2.36. The molecule has 1 aromatic carbocycles. The summed E-state index contributed by atoms with van der Waals surface area (Å²) in [5.41, 5.74) is -0.612. The average molecular weight is 343 g/mol. The Hall–Kier alpha value is -2.18. The summed E-state index contributed by atoms with van der Waals surface area (Å²) in [4.78, 5) is 11.8. The van der Waals surface area contributed by atoms with Crippen LogP contribution in [-0.2, 0) is 17.3 Å². The maximum Gasteiger partial charge on any atom is 0.416 e. The lowest BCUT2D eigenvalue weighted by molar-refractivity contribution is -0.137. The lowest BCUT2D eigenvalue weighted by atomic mass is 10.0. The molecule has 2 rings (SSSR count). The third kappa shape index (κ3) is 4.66. The van der Waals surface area contributed by atoms with Crippen molar-refractivity contribution in [2.75, 3.05) is 0 Å². The average Bonchev–Trinajstić information content (AvgIpc) is 2.83. The Labute approximate surface area is 138 Å². The van der Waals surface area contributed by atoms with Crippen LogP contribution < -0.4 is 5.32 Å². The van der Waals surface area contributed by atoms with Gasteiger partial charge in [0, 0.05) is 11.4 Å². The summed E-state index contributed by atoms with van der Waals surface area (Å²) < 4.78 is 49.5. The fraction of sp³-hybridized carbons (Fsp3) is 0.471. The van der Waals surface area contributed by atoms with Crippen molar-refractivity contribution in [3.63, 3.8) is 0 Å². The van der Waals surface area contributed by atoms with Crippen molar-refractivity contribution in [1.82, 2.24) is 5.32 Å². The van der Waals surface area contributed by atoms with Gasteiger partial charge in [0.2, 0.25) is 0 Å². The molecule has 0 bridgehead atoms. The van der Waals surface area contributed by atoms with E-state index in [0.29, 0.717) is 16.5 Å². The molecule has 0 aliphatic rings. The largest absolute Gasteiger partial charge is 0.464 e. The molecule has 0 fully saturated rings. The van der Waals surface area contributed by atoms with Crippen LogP contribution in [0.25, 0.3) is 11.0 Å². The topological polar surface area (TPSA) is 51.5 Å². The highest BCUT2D eigenvalue weighted by Crippen LogP contribution is 2.34. The zero-order chi connectivity index (χ0) is 18.1. The predicted octanol–water partition coefficient (Wildman–Crippen LogP) is 4.91. The number of alkyl carbamates (subject to hydrolysis) is 1. The van der Waals surface area contributed by atoms with Gasteiger partial charge in [-0.05, 0) is 57.9 Å². The molecule has 0 saturated carbocycles. The van der Waals surface area contributed by atoms with Crippen LogP contribution in [0.3, 0.4) is 0 Å². The van der Waals surface area contributed by atoms with Crippen LogP contribution in [0.2, 0.25) is 0 Å². The van der Waals surface area contributed by atoms with E-state index in [-0.39, 0.29) is 6.42 Å². The molecule has 2 aromatic rings. The van der Waals surface area contributed by atoms with Crippen LogP contribution >= 0.6 is 0 Å². The van der Waals surface area contributed by atoms with Crippen LogP contribution in [-0.4, -0.2) is 17.7 Å². The van der Waals surface area contributed by atoms with E-state index < -0.39 is 29.5 Å². The second kappa shape index (κ2) is 6.37. The third-order valence-corrected chi connectivity index (χ3v) is 3.24. The van der Waals surface area contributed by atoms with Crippen molar-refractivity contribution in [3.05, 3.63) is 35.6 Å². The molecule has 0 aliphatic heterocycles. The van der Waals surface area contributed by atoms with Gasteiger partial charge in [0.15, 0.2) is 0 Å². The number of ether oxygens (including phenoxy) is 1. The summed E-state index contributed by atoms with van der Waals surface area (Å²) in [5.74, 6) is 0. The number of amides is 1. The van der Waals surface area contributed by atoms with Crippen LogP contribution in [0.4, 0.5) is 18.0 Å². The normalized spacial score (nSPS) is 13.8. The molecular weight excluding hydrogens is 323 g/mol. The molecule has 1 N–H and O–H groups in total. The number of carbonyl (C=O) groups excluding carboxylic acids is 1. The first-order valence-corrected chi connectivity index (χ1v) is 7.52. The minimum atomic E-state index is -4.44. The van der Waals surface area contributed by atoms with Crippen LogP contribution in [0, 0.1) is 0 Å². The van der Waals surface area contributed by atoms with Crippen molar-refractivity contribution >= 4 is 17.1 Å². The highest BCUT2D eigenvalue weighted by Gasteiger charge is 2.32. The van der Waals surface area contributed by atoms with E-state index in [9.17, 15) is 18.0 Å². The smallest absolute Gasteiger partial charge is 0.416 e. The number of halogens is 3. The van der Waals surface area contributed by atoms with Gasteiger partial charge in [0.05, 0.1) is 11.8 Å². The molecule has 1 aromatic heterocycles. The van der Waals surface area contributed by atoms with E-state index in [1.807, 2.05) is 0 Å². The van der Waals surface area contributed by atoms with E-state index in [2.05, 4.69) is 5.32 Å². The number of fused-ring (bicyclic) bond motifs is 1. The van der Waals surface area contributed by atoms with Gasteiger partial charge in [-0.15, -0.1) is 0 Å². The van der Waals surface area contributed by atoms with Crippen molar-refractivity contribution < 1.29 is 27.1 Å². The Bertz CT molecular complexity index is 729. The van der Waals surface area contributed by atoms with E-state index in [1.165, 1.54) is 12.3 Å². The quantitative estimate of drug-likeness (QED) is 0.862. The minimum Gasteiger partial charge on any atom is -0.464 e. The Morgan fingerprint density at radius 2 is 1.96 bits per heavy atom. The van der Waals surface area contributed by atoms with Crippen LogP contribution in [0.15, 0.2) is 28.9 Å². The zero-order valence-corrected chi connectivity index (χ0v) is 14.0.